The second-order valence-electron chi connectivity index (χ2n) is 6.38. The van der Waals surface area contributed by atoms with Crippen LogP contribution in [-0.2, 0) is 10.0 Å². The van der Waals surface area contributed by atoms with Crippen LogP contribution in [0.4, 0.5) is 5.69 Å². The number of anilines is 1. The van der Waals surface area contributed by atoms with Gasteiger partial charge in [0.25, 0.3) is 5.91 Å². The Morgan fingerprint density at radius 2 is 1.91 bits per heavy atom. The number of nitrogens with one attached hydrogen (secondary N) is 1. The van der Waals surface area contributed by atoms with E-state index in [9.17, 15) is 13.2 Å². The molecule has 0 aliphatic heterocycles. The highest BCUT2D eigenvalue weighted by atomic mass is 32.2. The van der Waals surface area contributed by atoms with Gasteiger partial charge in [0.2, 0.25) is 10.0 Å². The zero-order chi connectivity index (χ0) is 16.5. The molecule has 5 nitrogen and oxygen atoms in total. The second kappa shape index (κ2) is 6.28. The minimum absolute atomic E-state index is 0.0270. The lowest BCUT2D eigenvalue weighted by Crippen LogP contribution is -2.43. The van der Waals surface area contributed by atoms with Crippen LogP contribution in [0.2, 0.25) is 0 Å². The highest BCUT2D eigenvalue weighted by Gasteiger charge is 2.37. The summed E-state index contributed by atoms with van der Waals surface area (Å²) in [5.74, 6) is 0.350. The van der Waals surface area contributed by atoms with Gasteiger partial charge < -0.3 is 4.90 Å². The first-order valence-electron chi connectivity index (χ1n) is 7.59. The largest absolute Gasteiger partial charge is 0.333 e. The quantitative estimate of drug-likeness (QED) is 0.875. The zero-order valence-corrected chi connectivity index (χ0v) is 14.4. The Morgan fingerprint density at radius 1 is 1.27 bits per heavy atom. The van der Waals surface area contributed by atoms with E-state index in [4.69, 9.17) is 0 Å². The van der Waals surface area contributed by atoms with Gasteiger partial charge in [0.1, 0.15) is 0 Å². The summed E-state index contributed by atoms with van der Waals surface area (Å²) in [5, 5.41) is 0. The van der Waals surface area contributed by atoms with Gasteiger partial charge in [0.05, 0.1) is 6.26 Å². The Kier molecular flexibility index (Phi) is 4.80. The molecule has 6 heteroatoms. The molecule has 1 amide bonds. The van der Waals surface area contributed by atoms with Crippen molar-refractivity contribution in [2.45, 2.75) is 45.7 Å². The molecule has 0 radical (unpaired) electrons. The molecule has 1 N–H and O–H groups in total. The maximum absolute atomic E-state index is 12.8. The molecule has 0 unspecified atom stereocenters. The van der Waals surface area contributed by atoms with E-state index in [1.807, 2.05) is 4.90 Å². The van der Waals surface area contributed by atoms with Crippen molar-refractivity contribution >= 4 is 21.6 Å². The van der Waals surface area contributed by atoms with Gasteiger partial charge in [-0.2, -0.15) is 0 Å². The standard InChI is InChI=1S/C16H24N2O3S/c1-11(2)12(3)18(15-8-9-15)16(19)13-6-5-7-14(10-13)17-22(4,20)21/h5-7,10-12,15,17H,8-9H2,1-4H3/t12-/m0/s1. The maximum atomic E-state index is 12.8. The van der Waals surface area contributed by atoms with E-state index in [0.29, 0.717) is 23.2 Å². The average Bonchev–Trinajstić information content (AvgIpc) is 3.21. The van der Waals surface area contributed by atoms with E-state index in [-0.39, 0.29) is 11.9 Å². The molecule has 1 fully saturated rings. The van der Waals surface area contributed by atoms with E-state index in [1.54, 1.807) is 24.3 Å². The summed E-state index contributed by atoms with van der Waals surface area (Å²) < 4.78 is 25.1. The van der Waals surface area contributed by atoms with Crippen molar-refractivity contribution in [2.24, 2.45) is 5.92 Å². The number of benzene rings is 1. The number of rotatable bonds is 6. The predicted molar refractivity (Wildman–Crippen MR) is 88.4 cm³/mol. The van der Waals surface area contributed by atoms with Crippen LogP contribution in [0.5, 0.6) is 0 Å². The fourth-order valence-electron chi connectivity index (χ4n) is 2.44. The van der Waals surface area contributed by atoms with Crippen LogP contribution in [0.25, 0.3) is 0 Å². The van der Waals surface area contributed by atoms with Crippen LogP contribution in [0.15, 0.2) is 24.3 Å². The number of sulfonamides is 1. The molecule has 1 aliphatic carbocycles. The van der Waals surface area contributed by atoms with Crippen molar-refractivity contribution in [3.8, 4) is 0 Å². The lowest BCUT2D eigenvalue weighted by atomic mass is 10.0. The third-order valence-corrected chi connectivity index (χ3v) is 4.60. The van der Waals surface area contributed by atoms with Crippen molar-refractivity contribution < 1.29 is 13.2 Å². The smallest absolute Gasteiger partial charge is 0.254 e. The first kappa shape index (κ1) is 16.8. The van der Waals surface area contributed by atoms with E-state index in [1.165, 1.54) is 0 Å². The molecule has 1 aliphatic rings. The van der Waals surface area contributed by atoms with E-state index >= 15 is 0 Å². The van der Waals surface area contributed by atoms with E-state index in [0.717, 1.165) is 19.1 Å². The Morgan fingerprint density at radius 3 is 2.41 bits per heavy atom. The first-order valence-corrected chi connectivity index (χ1v) is 9.48. The first-order chi connectivity index (χ1) is 10.2. The van der Waals surface area contributed by atoms with Crippen molar-refractivity contribution in [3.05, 3.63) is 29.8 Å². The number of hydrogen-bond acceptors (Lipinski definition) is 3. The van der Waals surface area contributed by atoms with Gasteiger partial charge in [-0.25, -0.2) is 8.42 Å². The molecule has 0 heterocycles. The van der Waals surface area contributed by atoms with Gasteiger partial charge in [-0.3, -0.25) is 9.52 Å². The third-order valence-electron chi connectivity index (χ3n) is 3.99. The lowest BCUT2D eigenvalue weighted by molar-refractivity contribution is 0.0628. The van der Waals surface area contributed by atoms with Crippen molar-refractivity contribution in [3.63, 3.8) is 0 Å². The Bertz CT molecular complexity index is 651. The summed E-state index contributed by atoms with van der Waals surface area (Å²) in [4.78, 5) is 14.8. The van der Waals surface area contributed by atoms with Gasteiger partial charge in [-0.15, -0.1) is 0 Å². The predicted octanol–water partition coefficient (Wildman–Crippen LogP) is 2.71. The monoisotopic (exact) mass is 324 g/mol. The van der Waals surface area contributed by atoms with Crippen LogP contribution < -0.4 is 4.72 Å². The summed E-state index contributed by atoms with van der Waals surface area (Å²) in [5.41, 5.74) is 0.939. The van der Waals surface area contributed by atoms with Crippen LogP contribution in [-0.4, -0.2) is 37.6 Å². The molecular weight excluding hydrogens is 300 g/mol. The Balaban J connectivity index is 2.25. The van der Waals surface area contributed by atoms with E-state index in [2.05, 4.69) is 25.5 Å². The van der Waals surface area contributed by atoms with Gasteiger partial charge in [0, 0.05) is 23.3 Å². The normalized spacial score (nSPS) is 16.4. The van der Waals surface area contributed by atoms with Gasteiger partial charge >= 0.3 is 0 Å². The molecule has 0 spiro atoms. The topological polar surface area (TPSA) is 66.5 Å². The van der Waals surface area contributed by atoms with Crippen molar-refractivity contribution in [1.29, 1.82) is 0 Å². The number of carbonyl (C=O) groups excluding carboxylic acids is 1. The molecule has 1 atom stereocenters. The van der Waals surface area contributed by atoms with Gasteiger partial charge in [0.15, 0.2) is 0 Å². The van der Waals surface area contributed by atoms with Crippen molar-refractivity contribution in [1.82, 2.24) is 4.90 Å². The van der Waals surface area contributed by atoms with Crippen LogP contribution in [0.1, 0.15) is 44.0 Å². The molecule has 0 saturated heterocycles. The fourth-order valence-corrected chi connectivity index (χ4v) is 2.99. The minimum Gasteiger partial charge on any atom is -0.333 e. The molecule has 1 aromatic rings. The van der Waals surface area contributed by atoms with Crippen LogP contribution in [0, 0.1) is 5.92 Å². The molecule has 1 aromatic carbocycles. The molecule has 122 valence electrons. The summed E-state index contributed by atoms with van der Waals surface area (Å²) >= 11 is 0. The second-order valence-corrected chi connectivity index (χ2v) is 8.13. The summed E-state index contributed by atoms with van der Waals surface area (Å²) in [7, 11) is -3.35. The fraction of sp³-hybridized carbons (Fsp3) is 0.562. The highest BCUT2D eigenvalue weighted by Crippen LogP contribution is 2.32. The summed E-state index contributed by atoms with van der Waals surface area (Å²) in [6.07, 6.45) is 3.19. The van der Waals surface area contributed by atoms with Gasteiger partial charge in [-0.1, -0.05) is 19.9 Å². The van der Waals surface area contributed by atoms with E-state index < -0.39 is 10.0 Å². The number of hydrogen-bond donors (Lipinski definition) is 1. The average molecular weight is 324 g/mol. The lowest BCUT2D eigenvalue weighted by Gasteiger charge is -2.32. The molecule has 1 saturated carbocycles. The van der Waals surface area contributed by atoms with Gasteiger partial charge in [-0.05, 0) is 43.9 Å². The summed E-state index contributed by atoms with van der Waals surface area (Å²) in [6.45, 7) is 6.28. The zero-order valence-electron chi connectivity index (χ0n) is 13.5. The number of nitrogens with zero attached hydrogens (tertiary/aromatic N) is 1. The number of carbonyl (C=O) groups is 1. The Labute approximate surface area is 132 Å². The molecule has 0 bridgehead atoms. The Hall–Kier alpha value is -1.56. The van der Waals surface area contributed by atoms with Crippen LogP contribution >= 0.6 is 0 Å². The number of amides is 1. The molecule has 22 heavy (non-hydrogen) atoms. The third kappa shape index (κ3) is 4.22. The minimum atomic E-state index is -3.35. The molecule has 2 rings (SSSR count). The van der Waals surface area contributed by atoms with Crippen molar-refractivity contribution in [2.75, 3.05) is 11.0 Å². The highest BCUT2D eigenvalue weighted by molar-refractivity contribution is 7.92. The summed E-state index contributed by atoms with van der Waals surface area (Å²) in [6, 6.07) is 7.16. The van der Waals surface area contributed by atoms with Crippen LogP contribution in [0.3, 0.4) is 0 Å². The maximum Gasteiger partial charge on any atom is 0.254 e. The molecular formula is C16H24N2O3S. The molecule has 0 aromatic heterocycles. The SMILES string of the molecule is CC(C)[C@H](C)N(C(=O)c1cccc(NS(C)(=O)=O)c1)C1CC1.